The summed E-state index contributed by atoms with van der Waals surface area (Å²) < 4.78 is 19.0. The summed E-state index contributed by atoms with van der Waals surface area (Å²) in [7, 11) is 1.65. The minimum atomic E-state index is -0.465. The van der Waals surface area contributed by atoms with Crippen molar-refractivity contribution in [2.45, 2.75) is 19.9 Å². The predicted octanol–water partition coefficient (Wildman–Crippen LogP) is 3.58. The van der Waals surface area contributed by atoms with Crippen molar-refractivity contribution < 1.29 is 13.6 Å². The van der Waals surface area contributed by atoms with Crippen molar-refractivity contribution in [3.05, 3.63) is 58.3 Å². The van der Waals surface area contributed by atoms with Crippen LogP contribution >= 0.6 is 11.6 Å². The van der Waals surface area contributed by atoms with Gasteiger partial charge >= 0.3 is 0 Å². The third-order valence-electron chi connectivity index (χ3n) is 3.00. The maximum absolute atomic E-state index is 13.6. The smallest absolute Gasteiger partial charge is 0.227 e. The zero-order chi connectivity index (χ0) is 14.7. The van der Waals surface area contributed by atoms with Crippen LogP contribution in [0.5, 0.6) is 0 Å². The minimum absolute atomic E-state index is 0.0678. The zero-order valence-corrected chi connectivity index (χ0v) is 12.1. The van der Waals surface area contributed by atoms with Crippen LogP contribution in [0.15, 0.2) is 34.7 Å². The van der Waals surface area contributed by atoms with Crippen LogP contribution in [0, 0.1) is 12.7 Å². The summed E-state index contributed by atoms with van der Waals surface area (Å²) in [4.78, 5) is 13.6. The van der Waals surface area contributed by atoms with E-state index in [0.29, 0.717) is 12.3 Å². The maximum Gasteiger partial charge on any atom is 0.227 e. The molecule has 5 heteroatoms. The number of carbonyl (C=O) groups is 1. The second-order valence-corrected chi connectivity index (χ2v) is 5.05. The van der Waals surface area contributed by atoms with Crippen molar-refractivity contribution >= 4 is 17.5 Å². The standard InChI is InChI=1S/C15H15ClFNO2/c1-10-6-7-11(20-10)9-18(2)15(19)8-12-13(16)4-3-5-14(12)17/h3-7H,8-9H2,1-2H3. The molecule has 1 aromatic heterocycles. The predicted molar refractivity (Wildman–Crippen MR) is 75.0 cm³/mol. The Balaban J connectivity index is 2.04. The quantitative estimate of drug-likeness (QED) is 0.864. The molecule has 0 saturated heterocycles. The van der Waals surface area contributed by atoms with Gasteiger partial charge in [0.05, 0.1) is 13.0 Å². The molecule has 0 saturated carbocycles. The Bertz CT molecular complexity index is 604. The second-order valence-electron chi connectivity index (χ2n) is 4.64. The Morgan fingerprint density at radius 3 is 2.70 bits per heavy atom. The average Bonchev–Trinajstić information content (AvgIpc) is 2.79. The van der Waals surface area contributed by atoms with Gasteiger partial charge in [-0.05, 0) is 31.2 Å². The van der Waals surface area contributed by atoms with Crippen molar-refractivity contribution in [3.63, 3.8) is 0 Å². The zero-order valence-electron chi connectivity index (χ0n) is 11.3. The Morgan fingerprint density at radius 2 is 2.10 bits per heavy atom. The number of hydrogen-bond donors (Lipinski definition) is 0. The highest BCUT2D eigenvalue weighted by Gasteiger charge is 2.16. The summed E-state index contributed by atoms with van der Waals surface area (Å²) in [6, 6.07) is 8.03. The summed E-state index contributed by atoms with van der Waals surface area (Å²) in [6.45, 7) is 2.18. The van der Waals surface area contributed by atoms with Crippen molar-refractivity contribution in [1.82, 2.24) is 4.90 Å². The van der Waals surface area contributed by atoms with Gasteiger partial charge in [0.25, 0.3) is 0 Å². The average molecular weight is 296 g/mol. The van der Waals surface area contributed by atoms with E-state index in [4.69, 9.17) is 16.0 Å². The van der Waals surface area contributed by atoms with Crippen molar-refractivity contribution in [3.8, 4) is 0 Å². The topological polar surface area (TPSA) is 33.5 Å². The van der Waals surface area contributed by atoms with E-state index in [1.165, 1.54) is 17.0 Å². The molecular formula is C15H15ClFNO2. The molecule has 0 bridgehead atoms. The number of hydrogen-bond acceptors (Lipinski definition) is 2. The van der Waals surface area contributed by atoms with Crippen LogP contribution < -0.4 is 0 Å². The molecule has 1 heterocycles. The highest BCUT2D eigenvalue weighted by Crippen LogP contribution is 2.20. The van der Waals surface area contributed by atoms with Crippen LogP contribution in [0.25, 0.3) is 0 Å². The van der Waals surface area contributed by atoms with Crippen LogP contribution in [0.3, 0.4) is 0 Å². The lowest BCUT2D eigenvalue weighted by molar-refractivity contribution is -0.130. The van der Waals surface area contributed by atoms with Crippen molar-refractivity contribution in [2.75, 3.05) is 7.05 Å². The van der Waals surface area contributed by atoms with Gasteiger partial charge in [0, 0.05) is 17.6 Å². The SMILES string of the molecule is Cc1ccc(CN(C)C(=O)Cc2c(F)cccc2Cl)o1. The van der Waals surface area contributed by atoms with Crippen molar-refractivity contribution in [2.24, 2.45) is 0 Å². The molecule has 0 spiro atoms. The molecule has 2 rings (SSSR count). The van der Waals surface area contributed by atoms with Crippen LogP contribution in [-0.2, 0) is 17.8 Å². The summed E-state index contributed by atoms with van der Waals surface area (Å²) in [6.07, 6.45) is -0.0678. The van der Waals surface area contributed by atoms with E-state index in [1.807, 2.05) is 19.1 Å². The third-order valence-corrected chi connectivity index (χ3v) is 3.36. The summed E-state index contributed by atoms with van der Waals surface area (Å²) in [5.41, 5.74) is 0.224. The van der Waals surface area contributed by atoms with Gasteiger partial charge in [-0.1, -0.05) is 17.7 Å². The minimum Gasteiger partial charge on any atom is -0.464 e. The molecule has 1 aromatic carbocycles. The molecule has 0 aliphatic rings. The number of amides is 1. The van der Waals surface area contributed by atoms with Crippen LogP contribution in [0.1, 0.15) is 17.1 Å². The highest BCUT2D eigenvalue weighted by atomic mass is 35.5. The molecule has 0 radical (unpaired) electrons. The van der Waals surface area contributed by atoms with Gasteiger partial charge in [-0.2, -0.15) is 0 Å². The van der Waals surface area contributed by atoms with E-state index in [0.717, 1.165) is 5.76 Å². The van der Waals surface area contributed by atoms with Crippen molar-refractivity contribution in [1.29, 1.82) is 0 Å². The number of halogens is 2. The molecule has 2 aromatic rings. The van der Waals surface area contributed by atoms with Gasteiger partial charge in [-0.25, -0.2) is 4.39 Å². The van der Waals surface area contributed by atoms with Gasteiger partial charge in [-0.3, -0.25) is 4.79 Å². The number of benzene rings is 1. The Kier molecular flexibility index (Phi) is 4.45. The Morgan fingerprint density at radius 1 is 1.35 bits per heavy atom. The van der Waals surface area contributed by atoms with Gasteiger partial charge in [0.1, 0.15) is 17.3 Å². The molecule has 0 aliphatic heterocycles. The van der Waals surface area contributed by atoms with E-state index in [-0.39, 0.29) is 22.9 Å². The van der Waals surface area contributed by atoms with E-state index in [9.17, 15) is 9.18 Å². The molecule has 0 unspecified atom stereocenters. The Labute approximate surface area is 121 Å². The number of aryl methyl sites for hydroxylation is 1. The van der Waals surface area contributed by atoms with E-state index in [1.54, 1.807) is 13.1 Å². The highest BCUT2D eigenvalue weighted by molar-refractivity contribution is 6.31. The molecule has 0 fully saturated rings. The number of likely N-dealkylation sites (N-methyl/N-ethyl adjacent to an activating group) is 1. The normalized spacial score (nSPS) is 10.6. The monoisotopic (exact) mass is 295 g/mol. The first-order chi connectivity index (χ1) is 9.47. The van der Waals surface area contributed by atoms with Crippen LogP contribution in [0.4, 0.5) is 4.39 Å². The summed E-state index contributed by atoms with van der Waals surface area (Å²) in [5, 5.41) is 0.264. The number of rotatable bonds is 4. The fourth-order valence-corrected chi connectivity index (χ4v) is 2.11. The molecule has 1 amide bonds. The van der Waals surface area contributed by atoms with Gasteiger partial charge in [0.15, 0.2) is 0 Å². The van der Waals surface area contributed by atoms with Crippen LogP contribution in [-0.4, -0.2) is 17.9 Å². The Hall–Kier alpha value is -1.81. The van der Waals surface area contributed by atoms with Gasteiger partial charge in [0.2, 0.25) is 5.91 Å². The molecule has 106 valence electrons. The van der Waals surface area contributed by atoms with E-state index in [2.05, 4.69) is 0 Å². The van der Waals surface area contributed by atoms with E-state index < -0.39 is 5.82 Å². The first-order valence-corrected chi connectivity index (χ1v) is 6.57. The van der Waals surface area contributed by atoms with Gasteiger partial charge in [-0.15, -0.1) is 0 Å². The lowest BCUT2D eigenvalue weighted by atomic mass is 10.1. The molecular weight excluding hydrogens is 281 g/mol. The molecule has 0 aliphatic carbocycles. The van der Waals surface area contributed by atoms with E-state index >= 15 is 0 Å². The number of nitrogens with zero attached hydrogens (tertiary/aromatic N) is 1. The largest absolute Gasteiger partial charge is 0.464 e. The summed E-state index contributed by atoms with van der Waals surface area (Å²) >= 11 is 5.91. The summed E-state index contributed by atoms with van der Waals surface area (Å²) in [5.74, 6) is 0.801. The number of furan rings is 1. The lowest BCUT2D eigenvalue weighted by Gasteiger charge is -2.16. The third kappa shape index (κ3) is 3.39. The molecule has 20 heavy (non-hydrogen) atoms. The second kappa shape index (κ2) is 6.09. The lowest BCUT2D eigenvalue weighted by Crippen LogP contribution is -2.28. The molecule has 0 N–H and O–H groups in total. The molecule has 3 nitrogen and oxygen atoms in total. The number of carbonyl (C=O) groups excluding carboxylic acids is 1. The first-order valence-electron chi connectivity index (χ1n) is 6.19. The fourth-order valence-electron chi connectivity index (χ4n) is 1.88. The fraction of sp³-hybridized carbons (Fsp3) is 0.267. The maximum atomic E-state index is 13.6. The van der Waals surface area contributed by atoms with Gasteiger partial charge < -0.3 is 9.32 Å². The van der Waals surface area contributed by atoms with Crippen LogP contribution in [0.2, 0.25) is 5.02 Å². The molecule has 0 atom stereocenters. The first kappa shape index (κ1) is 14.6.